The minimum atomic E-state index is -0.0593. The van der Waals surface area contributed by atoms with Crippen LogP contribution in [0.3, 0.4) is 0 Å². The van der Waals surface area contributed by atoms with Crippen LogP contribution in [0.15, 0.2) is 63.0 Å². The van der Waals surface area contributed by atoms with Gasteiger partial charge < -0.3 is 9.26 Å². The van der Waals surface area contributed by atoms with Gasteiger partial charge >= 0.3 is 0 Å². The van der Waals surface area contributed by atoms with Gasteiger partial charge in [0.25, 0.3) is 5.56 Å². The first kappa shape index (κ1) is 20.2. The lowest BCUT2D eigenvalue weighted by atomic mass is 10.2. The third kappa shape index (κ3) is 4.37. The van der Waals surface area contributed by atoms with Gasteiger partial charge in [0.2, 0.25) is 11.7 Å². The number of para-hydroxylation sites is 1. The molecular formula is C22H19ClN4O3S. The van der Waals surface area contributed by atoms with Crippen LogP contribution in [0.5, 0.6) is 0 Å². The maximum atomic E-state index is 13.2. The summed E-state index contributed by atoms with van der Waals surface area (Å²) in [6, 6.07) is 14.6. The molecule has 1 aliphatic heterocycles. The molecule has 0 saturated carbocycles. The van der Waals surface area contributed by atoms with Crippen molar-refractivity contribution in [2.24, 2.45) is 0 Å². The lowest BCUT2D eigenvalue weighted by Crippen LogP contribution is -2.28. The molecule has 158 valence electrons. The molecule has 0 spiro atoms. The van der Waals surface area contributed by atoms with Gasteiger partial charge in [-0.1, -0.05) is 40.7 Å². The molecule has 1 fully saturated rings. The molecule has 0 radical (unpaired) electrons. The van der Waals surface area contributed by atoms with Gasteiger partial charge in [-0.15, -0.1) is 0 Å². The van der Waals surface area contributed by atoms with Crippen molar-refractivity contribution in [3.8, 4) is 11.4 Å². The lowest BCUT2D eigenvalue weighted by Gasteiger charge is -2.16. The van der Waals surface area contributed by atoms with Crippen LogP contribution in [-0.2, 0) is 17.0 Å². The van der Waals surface area contributed by atoms with E-state index in [9.17, 15) is 4.79 Å². The van der Waals surface area contributed by atoms with E-state index >= 15 is 0 Å². The number of thioether (sulfide) groups is 1. The van der Waals surface area contributed by atoms with Crippen molar-refractivity contribution in [2.45, 2.75) is 36.4 Å². The molecule has 1 atom stereocenters. The average Bonchev–Trinajstić information content (AvgIpc) is 3.47. The highest BCUT2D eigenvalue weighted by atomic mass is 35.5. The lowest BCUT2D eigenvalue weighted by molar-refractivity contribution is 0.0937. The zero-order valence-electron chi connectivity index (χ0n) is 16.5. The number of nitrogens with zero attached hydrogens (tertiary/aromatic N) is 4. The smallest absolute Gasteiger partial charge is 0.262 e. The fraction of sp³-hybridized carbons (Fsp3) is 0.273. The second-order valence-electron chi connectivity index (χ2n) is 7.27. The van der Waals surface area contributed by atoms with E-state index in [0.717, 1.165) is 25.0 Å². The maximum absolute atomic E-state index is 13.2. The van der Waals surface area contributed by atoms with Crippen molar-refractivity contribution in [1.82, 2.24) is 19.7 Å². The van der Waals surface area contributed by atoms with Crippen LogP contribution in [0.4, 0.5) is 0 Å². The number of rotatable bonds is 6. The molecular weight excluding hydrogens is 436 g/mol. The number of fused-ring (bicyclic) bond motifs is 1. The Kier molecular flexibility index (Phi) is 5.76. The minimum Gasteiger partial charge on any atom is -0.376 e. The van der Waals surface area contributed by atoms with Gasteiger partial charge in [0, 0.05) is 17.2 Å². The summed E-state index contributed by atoms with van der Waals surface area (Å²) in [5, 5.41) is 5.92. The first-order chi connectivity index (χ1) is 15.2. The molecule has 0 unspecified atom stereocenters. The first-order valence-electron chi connectivity index (χ1n) is 10.00. The fourth-order valence-corrected chi connectivity index (χ4v) is 4.54. The maximum Gasteiger partial charge on any atom is 0.262 e. The average molecular weight is 455 g/mol. The van der Waals surface area contributed by atoms with Crippen LogP contribution in [-0.4, -0.2) is 32.4 Å². The van der Waals surface area contributed by atoms with E-state index in [2.05, 4.69) is 10.1 Å². The topological polar surface area (TPSA) is 83.0 Å². The Balaban J connectivity index is 1.41. The van der Waals surface area contributed by atoms with Crippen LogP contribution in [0, 0.1) is 0 Å². The van der Waals surface area contributed by atoms with Crippen LogP contribution in [0.1, 0.15) is 18.7 Å². The minimum absolute atomic E-state index is 0.0277. The molecule has 0 bridgehead atoms. The Labute approximate surface area is 187 Å². The predicted octanol–water partition coefficient (Wildman–Crippen LogP) is 4.57. The van der Waals surface area contributed by atoms with Crippen LogP contribution in [0.25, 0.3) is 22.3 Å². The van der Waals surface area contributed by atoms with Gasteiger partial charge in [-0.2, -0.15) is 4.98 Å². The summed E-state index contributed by atoms with van der Waals surface area (Å²) in [5.74, 6) is 1.35. The van der Waals surface area contributed by atoms with Crippen molar-refractivity contribution in [3.63, 3.8) is 0 Å². The monoisotopic (exact) mass is 454 g/mol. The molecule has 7 nitrogen and oxygen atoms in total. The Morgan fingerprint density at radius 1 is 1.13 bits per heavy atom. The SMILES string of the molecule is O=c1c2ccccc2nc(SCc2nc(-c3ccc(Cl)cc3)no2)n1C[C@H]1CCCO1. The molecule has 9 heteroatoms. The molecule has 2 aromatic carbocycles. The Morgan fingerprint density at radius 3 is 2.77 bits per heavy atom. The normalized spacial score (nSPS) is 16.2. The summed E-state index contributed by atoms with van der Waals surface area (Å²) in [5.41, 5.74) is 1.44. The summed E-state index contributed by atoms with van der Waals surface area (Å²) in [4.78, 5) is 22.4. The molecule has 0 N–H and O–H groups in total. The van der Waals surface area contributed by atoms with Crippen molar-refractivity contribution >= 4 is 34.3 Å². The van der Waals surface area contributed by atoms with Gasteiger partial charge in [-0.25, -0.2) is 4.98 Å². The van der Waals surface area contributed by atoms with Gasteiger partial charge in [-0.05, 0) is 49.2 Å². The van der Waals surface area contributed by atoms with E-state index in [1.54, 1.807) is 16.7 Å². The van der Waals surface area contributed by atoms with Crippen molar-refractivity contribution in [1.29, 1.82) is 0 Å². The van der Waals surface area contributed by atoms with E-state index in [1.165, 1.54) is 11.8 Å². The van der Waals surface area contributed by atoms with Gasteiger partial charge in [0.15, 0.2) is 5.16 Å². The number of ether oxygens (including phenoxy) is 1. The summed E-state index contributed by atoms with van der Waals surface area (Å²) in [6.45, 7) is 1.22. The quantitative estimate of drug-likeness (QED) is 0.311. The highest BCUT2D eigenvalue weighted by Gasteiger charge is 2.21. The zero-order chi connectivity index (χ0) is 21.2. The Hall–Kier alpha value is -2.68. The number of benzene rings is 2. The molecule has 2 aromatic heterocycles. The van der Waals surface area contributed by atoms with E-state index in [0.29, 0.717) is 45.1 Å². The molecule has 5 rings (SSSR count). The molecule has 0 aliphatic carbocycles. The summed E-state index contributed by atoms with van der Waals surface area (Å²) < 4.78 is 12.9. The van der Waals surface area contributed by atoms with Gasteiger partial charge in [-0.3, -0.25) is 9.36 Å². The molecule has 3 heterocycles. The molecule has 1 saturated heterocycles. The van der Waals surface area contributed by atoms with E-state index in [4.69, 9.17) is 25.8 Å². The molecule has 4 aromatic rings. The Morgan fingerprint density at radius 2 is 1.97 bits per heavy atom. The zero-order valence-corrected chi connectivity index (χ0v) is 18.1. The van der Waals surface area contributed by atoms with Crippen LogP contribution >= 0.6 is 23.4 Å². The fourth-order valence-electron chi connectivity index (χ4n) is 3.57. The predicted molar refractivity (Wildman–Crippen MR) is 119 cm³/mol. The Bertz CT molecular complexity index is 1270. The molecule has 31 heavy (non-hydrogen) atoms. The molecule has 1 aliphatic rings. The van der Waals surface area contributed by atoms with Crippen LogP contribution < -0.4 is 5.56 Å². The standard InChI is InChI=1S/C22H19ClN4O3S/c23-15-9-7-14(8-10-15)20-25-19(30-26-20)13-31-22-24-18-6-2-1-5-17(18)21(28)27(22)12-16-4-3-11-29-16/h1-2,5-10,16H,3-4,11-13H2/t16-/m1/s1. The highest BCUT2D eigenvalue weighted by Crippen LogP contribution is 2.25. The van der Waals surface area contributed by atoms with Gasteiger partial charge in [0.05, 0.1) is 29.3 Å². The number of aromatic nitrogens is 4. The van der Waals surface area contributed by atoms with E-state index in [-0.39, 0.29) is 11.7 Å². The first-order valence-corrected chi connectivity index (χ1v) is 11.4. The number of hydrogen-bond acceptors (Lipinski definition) is 7. The van der Waals surface area contributed by atoms with E-state index < -0.39 is 0 Å². The van der Waals surface area contributed by atoms with E-state index in [1.807, 2.05) is 36.4 Å². The summed E-state index contributed by atoms with van der Waals surface area (Å²) in [7, 11) is 0. The highest BCUT2D eigenvalue weighted by molar-refractivity contribution is 7.98. The summed E-state index contributed by atoms with van der Waals surface area (Å²) >= 11 is 7.34. The van der Waals surface area contributed by atoms with Crippen molar-refractivity contribution < 1.29 is 9.26 Å². The second kappa shape index (κ2) is 8.82. The second-order valence-corrected chi connectivity index (χ2v) is 8.65. The van der Waals surface area contributed by atoms with Crippen LogP contribution in [0.2, 0.25) is 5.02 Å². The van der Waals surface area contributed by atoms with Gasteiger partial charge in [0.1, 0.15) is 0 Å². The van der Waals surface area contributed by atoms with Crippen molar-refractivity contribution in [3.05, 3.63) is 69.8 Å². The molecule has 0 amide bonds. The third-order valence-electron chi connectivity index (χ3n) is 5.13. The largest absolute Gasteiger partial charge is 0.376 e. The van der Waals surface area contributed by atoms with Crippen molar-refractivity contribution in [2.75, 3.05) is 6.61 Å². The number of hydrogen-bond donors (Lipinski definition) is 0. The summed E-state index contributed by atoms with van der Waals surface area (Å²) in [6.07, 6.45) is 1.98. The number of halogens is 1. The third-order valence-corrected chi connectivity index (χ3v) is 6.35.